The van der Waals surface area contributed by atoms with E-state index in [1.165, 1.54) is 12.3 Å². The summed E-state index contributed by atoms with van der Waals surface area (Å²) in [4.78, 5) is 7.83. The lowest BCUT2D eigenvalue weighted by Crippen LogP contribution is -1.98. The van der Waals surface area contributed by atoms with Crippen LogP contribution in [0.5, 0.6) is 0 Å². The van der Waals surface area contributed by atoms with Gasteiger partial charge in [0.05, 0.1) is 6.20 Å². The summed E-state index contributed by atoms with van der Waals surface area (Å²) in [5, 5.41) is 0. The average molecular weight is 262 g/mol. The van der Waals surface area contributed by atoms with E-state index < -0.39 is 5.95 Å². The molecule has 0 saturated carbocycles. The van der Waals surface area contributed by atoms with Crippen LogP contribution in [-0.2, 0) is 6.42 Å². The normalized spacial score (nSPS) is 12.9. The van der Waals surface area contributed by atoms with Gasteiger partial charge in [0.1, 0.15) is 5.76 Å². The van der Waals surface area contributed by atoms with E-state index in [4.69, 9.17) is 4.42 Å². The number of halogens is 1. The van der Waals surface area contributed by atoms with Crippen LogP contribution in [-0.4, -0.2) is 9.97 Å². The van der Waals surface area contributed by atoms with Gasteiger partial charge in [-0.2, -0.15) is 4.39 Å². The SMILES string of the molecule is CC(C)c1cnc(CC[C@H](C)c2ccnc(F)c2)o1. The fourth-order valence-electron chi connectivity index (χ4n) is 1.94. The molecule has 0 spiro atoms. The largest absolute Gasteiger partial charge is 0.445 e. The van der Waals surface area contributed by atoms with Gasteiger partial charge in [0, 0.05) is 18.5 Å². The van der Waals surface area contributed by atoms with Crippen molar-refractivity contribution in [2.75, 3.05) is 0 Å². The van der Waals surface area contributed by atoms with Crippen LogP contribution in [0.3, 0.4) is 0 Å². The lowest BCUT2D eigenvalue weighted by atomic mass is 9.97. The summed E-state index contributed by atoms with van der Waals surface area (Å²) in [6.07, 6.45) is 4.93. The van der Waals surface area contributed by atoms with Gasteiger partial charge in [0.15, 0.2) is 5.89 Å². The monoisotopic (exact) mass is 262 g/mol. The Balaban J connectivity index is 1.94. The molecule has 1 atom stereocenters. The molecule has 2 aromatic rings. The summed E-state index contributed by atoms with van der Waals surface area (Å²) < 4.78 is 18.7. The van der Waals surface area contributed by atoms with Crippen LogP contribution in [0.4, 0.5) is 4.39 Å². The molecular weight excluding hydrogens is 243 g/mol. The van der Waals surface area contributed by atoms with Gasteiger partial charge < -0.3 is 4.42 Å². The molecule has 0 radical (unpaired) electrons. The summed E-state index contributed by atoms with van der Waals surface area (Å²) in [5.74, 6) is 1.85. The number of pyridine rings is 1. The molecule has 0 unspecified atom stereocenters. The average Bonchev–Trinajstić information content (AvgIpc) is 2.85. The van der Waals surface area contributed by atoms with E-state index in [2.05, 4.69) is 30.7 Å². The zero-order valence-electron chi connectivity index (χ0n) is 11.6. The minimum absolute atomic E-state index is 0.256. The third kappa shape index (κ3) is 3.63. The molecule has 19 heavy (non-hydrogen) atoms. The van der Waals surface area contributed by atoms with Crippen molar-refractivity contribution in [3.05, 3.63) is 47.7 Å². The number of rotatable bonds is 5. The van der Waals surface area contributed by atoms with Gasteiger partial charge in [-0.3, -0.25) is 0 Å². The van der Waals surface area contributed by atoms with Gasteiger partial charge in [0.25, 0.3) is 0 Å². The number of hydrogen-bond donors (Lipinski definition) is 0. The van der Waals surface area contributed by atoms with Gasteiger partial charge in [-0.25, -0.2) is 9.97 Å². The highest BCUT2D eigenvalue weighted by Crippen LogP contribution is 2.22. The van der Waals surface area contributed by atoms with E-state index in [-0.39, 0.29) is 5.92 Å². The quantitative estimate of drug-likeness (QED) is 0.762. The van der Waals surface area contributed by atoms with Gasteiger partial charge in [0.2, 0.25) is 5.95 Å². The molecule has 0 aliphatic heterocycles. The number of aromatic nitrogens is 2. The van der Waals surface area contributed by atoms with E-state index in [1.54, 1.807) is 6.20 Å². The second kappa shape index (κ2) is 5.95. The molecule has 102 valence electrons. The molecule has 0 aliphatic carbocycles. The lowest BCUT2D eigenvalue weighted by Gasteiger charge is -2.10. The van der Waals surface area contributed by atoms with Crippen molar-refractivity contribution in [2.24, 2.45) is 0 Å². The van der Waals surface area contributed by atoms with Crippen LogP contribution in [0.1, 0.15) is 56.2 Å². The zero-order chi connectivity index (χ0) is 13.8. The Kier molecular flexibility index (Phi) is 4.30. The Hall–Kier alpha value is -1.71. The minimum Gasteiger partial charge on any atom is -0.445 e. The molecule has 0 aliphatic rings. The van der Waals surface area contributed by atoms with Crippen LogP contribution in [0.25, 0.3) is 0 Å². The topological polar surface area (TPSA) is 38.9 Å². The fourth-order valence-corrected chi connectivity index (χ4v) is 1.94. The molecule has 2 heterocycles. The first kappa shape index (κ1) is 13.7. The van der Waals surface area contributed by atoms with E-state index in [0.29, 0.717) is 5.92 Å². The standard InChI is InChI=1S/C15H19FN2O/c1-10(2)13-9-18-15(19-13)5-4-11(3)12-6-7-17-14(16)8-12/h6-11H,4-5H2,1-3H3/t11-/m0/s1. The van der Waals surface area contributed by atoms with E-state index >= 15 is 0 Å². The lowest BCUT2D eigenvalue weighted by molar-refractivity contribution is 0.429. The first-order valence-corrected chi connectivity index (χ1v) is 6.62. The van der Waals surface area contributed by atoms with E-state index in [9.17, 15) is 4.39 Å². The highest BCUT2D eigenvalue weighted by Gasteiger charge is 2.11. The number of nitrogens with zero attached hydrogens (tertiary/aromatic N) is 2. The summed E-state index contributed by atoms with van der Waals surface area (Å²) in [6, 6.07) is 3.34. The Morgan fingerprint density at radius 1 is 1.26 bits per heavy atom. The maximum absolute atomic E-state index is 13.0. The van der Waals surface area contributed by atoms with Gasteiger partial charge in [-0.15, -0.1) is 0 Å². The second-order valence-electron chi connectivity index (χ2n) is 5.16. The van der Waals surface area contributed by atoms with Crippen LogP contribution < -0.4 is 0 Å². The minimum atomic E-state index is -0.428. The van der Waals surface area contributed by atoms with Crippen molar-refractivity contribution >= 4 is 0 Å². The molecule has 0 saturated heterocycles. The van der Waals surface area contributed by atoms with Crippen molar-refractivity contribution in [3.8, 4) is 0 Å². The summed E-state index contributed by atoms with van der Waals surface area (Å²) in [7, 11) is 0. The molecule has 2 aromatic heterocycles. The second-order valence-corrected chi connectivity index (χ2v) is 5.16. The Morgan fingerprint density at radius 3 is 2.68 bits per heavy atom. The predicted octanol–water partition coefficient (Wildman–Crippen LogP) is 4.07. The molecular formula is C15H19FN2O. The molecule has 0 bridgehead atoms. The van der Waals surface area contributed by atoms with Gasteiger partial charge >= 0.3 is 0 Å². The molecule has 0 amide bonds. The van der Waals surface area contributed by atoms with Crippen molar-refractivity contribution < 1.29 is 8.81 Å². The maximum Gasteiger partial charge on any atom is 0.213 e. The van der Waals surface area contributed by atoms with Gasteiger partial charge in [-0.05, 0) is 30.0 Å². The highest BCUT2D eigenvalue weighted by atomic mass is 19.1. The van der Waals surface area contributed by atoms with Crippen LogP contribution in [0, 0.1) is 5.95 Å². The number of aryl methyl sites for hydroxylation is 1. The Bertz CT molecular complexity index is 536. The third-order valence-electron chi connectivity index (χ3n) is 3.25. The summed E-state index contributed by atoms with van der Waals surface area (Å²) in [6.45, 7) is 6.22. The Labute approximate surface area is 112 Å². The first-order chi connectivity index (χ1) is 9.06. The molecule has 0 fully saturated rings. The molecule has 4 heteroatoms. The molecule has 3 nitrogen and oxygen atoms in total. The van der Waals surface area contributed by atoms with Crippen molar-refractivity contribution in [3.63, 3.8) is 0 Å². The van der Waals surface area contributed by atoms with Crippen molar-refractivity contribution in [1.29, 1.82) is 0 Å². The predicted molar refractivity (Wildman–Crippen MR) is 71.5 cm³/mol. The smallest absolute Gasteiger partial charge is 0.213 e. The Morgan fingerprint density at radius 2 is 2.05 bits per heavy atom. The molecule has 0 aromatic carbocycles. The highest BCUT2D eigenvalue weighted by molar-refractivity contribution is 5.15. The number of oxazole rings is 1. The van der Waals surface area contributed by atoms with Crippen LogP contribution >= 0.6 is 0 Å². The summed E-state index contributed by atoms with van der Waals surface area (Å²) >= 11 is 0. The third-order valence-corrected chi connectivity index (χ3v) is 3.25. The van der Waals surface area contributed by atoms with Crippen LogP contribution in [0.2, 0.25) is 0 Å². The first-order valence-electron chi connectivity index (χ1n) is 6.62. The van der Waals surface area contributed by atoms with Crippen molar-refractivity contribution in [1.82, 2.24) is 9.97 Å². The van der Waals surface area contributed by atoms with E-state index in [0.717, 1.165) is 30.1 Å². The summed E-state index contributed by atoms with van der Waals surface area (Å²) in [5.41, 5.74) is 0.961. The maximum atomic E-state index is 13.0. The molecule has 2 rings (SSSR count). The van der Waals surface area contributed by atoms with E-state index in [1.807, 2.05) is 6.07 Å². The van der Waals surface area contributed by atoms with Gasteiger partial charge in [-0.1, -0.05) is 20.8 Å². The van der Waals surface area contributed by atoms with Crippen LogP contribution in [0.15, 0.2) is 28.9 Å². The number of hydrogen-bond acceptors (Lipinski definition) is 3. The van der Waals surface area contributed by atoms with Crippen molar-refractivity contribution in [2.45, 2.75) is 45.4 Å². The fraction of sp³-hybridized carbons (Fsp3) is 0.467. The zero-order valence-corrected chi connectivity index (χ0v) is 11.6. The molecule has 0 N–H and O–H groups in total.